The molecule has 0 fully saturated rings. The number of amides is 2. The van der Waals surface area contributed by atoms with Crippen LogP contribution in [-0.4, -0.2) is 32.2 Å². The lowest BCUT2D eigenvalue weighted by molar-refractivity contribution is -0.136. The lowest BCUT2D eigenvalue weighted by atomic mass is 10.2. The number of carbonyl (C=O) groups excluding carboxylic acids is 2. The predicted molar refractivity (Wildman–Crippen MR) is 100 cm³/mol. The Morgan fingerprint density at radius 1 is 1.04 bits per heavy atom. The van der Waals surface area contributed by atoms with E-state index >= 15 is 0 Å². The van der Waals surface area contributed by atoms with Crippen molar-refractivity contribution >= 4 is 46.9 Å². The molecule has 2 aromatic rings. The topological polar surface area (TPSA) is 89.0 Å². The van der Waals surface area contributed by atoms with Crippen molar-refractivity contribution in [1.29, 1.82) is 0 Å². The van der Waals surface area contributed by atoms with Gasteiger partial charge in [0.05, 0.1) is 36.2 Å². The summed E-state index contributed by atoms with van der Waals surface area (Å²) in [7, 11) is 2.94. The summed E-state index contributed by atoms with van der Waals surface area (Å²) in [6.07, 6.45) is 1.31. The molecule has 0 spiro atoms. The van der Waals surface area contributed by atoms with Crippen molar-refractivity contribution in [2.24, 2.45) is 5.10 Å². The smallest absolute Gasteiger partial charge is 0.329 e. The zero-order valence-electron chi connectivity index (χ0n) is 13.9. The van der Waals surface area contributed by atoms with Gasteiger partial charge in [0.15, 0.2) is 11.5 Å². The minimum absolute atomic E-state index is 0.316. The number of hydrazone groups is 1. The third-order valence-corrected chi connectivity index (χ3v) is 3.77. The maximum absolute atomic E-state index is 11.8. The van der Waals surface area contributed by atoms with E-state index in [1.807, 2.05) is 0 Å². The van der Waals surface area contributed by atoms with E-state index in [9.17, 15) is 9.59 Å². The summed E-state index contributed by atoms with van der Waals surface area (Å²) in [5.41, 5.74) is 2.98. The second kappa shape index (κ2) is 9.07. The molecule has 9 heteroatoms. The molecule has 2 amide bonds. The largest absolute Gasteiger partial charge is 0.493 e. The summed E-state index contributed by atoms with van der Waals surface area (Å²) in [5.74, 6) is -1.06. The average Bonchev–Trinajstić information content (AvgIpc) is 2.62. The van der Waals surface area contributed by atoms with Crippen LogP contribution in [0, 0.1) is 0 Å². The van der Waals surface area contributed by atoms with Crippen molar-refractivity contribution < 1.29 is 19.1 Å². The van der Waals surface area contributed by atoms with Crippen molar-refractivity contribution in [3.8, 4) is 11.5 Å². The third-order valence-electron chi connectivity index (χ3n) is 3.16. The van der Waals surface area contributed by atoms with Gasteiger partial charge in [-0.15, -0.1) is 0 Å². The molecule has 26 heavy (non-hydrogen) atoms. The van der Waals surface area contributed by atoms with Crippen molar-refractivity contribution in [2.45, 2.75) is 0 Å². The summed E-state index contributed by atoms with van der Waals surface area (Å²) >= 11 is 12.0. The number of hydrogen-bond acceptors (Lipinski definition) is 5. The van der Waals surface area contributed by atoms with E-state index in [1.165, 1.54) is 20.4 Å². The van der Waals surface area contributed by atoms with E-state index in [-0.39, 0.29) is 0 Å². The molecular formula is C17H15Cl2N3O4. The van der Waals surface area contributed by atoms with Gasteiger partial charge in [0.25, 0.3) is 0 Å². The molecule has 0 unspecified atom stereocenters. The Labute approximate surface area is 159 Å². The maximum Gasteiger partial charge on any atom is 0.329 e. The average molecular weight is 396 g/mol. The highest BCUT2D eigenvalue weighted by Gasteiger charge is 2.14. The van der Waals surface area contributed by atoms with Gasteiger partial charge in [-0.1, -0.05) is 35.3 Å². The molecular weight excluding hydrogens is 381 g/mol. The third kappa shape index (κ3) is 4.87. The molecule has 2 N–H and O–H groups in total. The lowest BCUT2D eigenvalue weighted by Crippen LogP contribution is -2.32. The molecule has 0 radical (unpaired) electrons. The summed E-state index contributed by atoms with van der Waals surface area (Å²) < 4.78 is 10.3. The molecule has 0 atom stereocenters. The van der Waals surface area contributed by atoms with Gasteiger partial charge in [0.1, 0.15) is 0 Å². The normalized spacial score (nSPS) is 10.5. The zero-order chi connectivity index (χ0) is 19.1. The molecule has 0 saturated heterocycles. The Morgan fingerprint density at radius 3 is 2.42 bits per heavy atom. The molecule has 0 saturated carbocycles. The fraction of sp³-hybridized carbons (Fsp3) is 0.118. The summed E-state index contributed by atoms with van der Waals surface area (Å²) in [4.78, 5) is 23.6. The Balaban J connectivity index is 2.01. The van der Waals surface area contributed by atoms with Crippen molar-refractivity contribution in [1.82, 2.24) is 5.43 Å². The van der Waals surface area contributed by atoms with Gasteiger partial charge in [-0.2, -0.15) is 5.10 Å². The maximum atomic E-state index is 11.8. The van der Waals surface area contributed by atoms with Crippen LogP contribution in [0.3, 0.4) is 0 Å². The second-order valence-electron chi connectivity index (χ2n) is 4.87. The summed E-state index contributed by atoms with van der Waals surface area (Å²) in [6.45, 7) is 0. The SMILES string of the molecule is COc1cc(/C=N\NC(=O)C(=O)Nc2ccccc2Cl)cc(Cl)c1OC. The van der Waals surface area contributed by atoms with Gasteiger partial charge in [0.2, 0.25) is 0 Å². The molecule has 0 aliphatic carbocycles. The van der Waals surface area contributed by atoms with Crippen LogP contribution in [0.1, 0.15) is 5.56 Å². The van der Waals surface area contributed by atoms with E-state index in [2.05, 4.69) is 15.8 Å². The highest BCUT2D eigenvalue weighted by atomic mass is 35.5. The molecule has 2 rings (SSSR count). The van der Waals surface area contributed by atoms with Crippen LogP contribution in [0.15, 0.2) is 41.5 Å². The highest BCUT2D eigenvalue weighted by Crippen LogP contribution is 2.35. The molecule has 0 aliphatic heterocycles. The first-order valence-electron chi connectivity index (χ1n) is 7.26. The fourth-order valence-corrected chi connectivity index (χ4v) is 2.45. The Hall–Kier alpha value is -2.77. The minimum atomic E-state index is -0.951. The number of anilines is 1. The van der Waals surface area contributed by atoms with Crippen molar-refractivity contribution in [3.63, 3.8) is 0 Å². The lowest BCUT2D eigenvalue weighted by Gasteiger charge is -2.10. The van der Waals surface area contributed by atoms with Crippen LogP contribution in [0.4, 0.5) is 5.69 Å². The Morgan fingerprint density at radius 2 is 1.77 bits per heavy atom. The zero-order valence-corrected chi connectivity index (χ0v) is 15.4. The highest BCUT2D eigenvalue weighted by molar-refractivity contribution is 6.41. The van der Waals surface area contributed by atoms with Crippen LogP contribution < -0.4 is 20.2 Å². The molecule has 136 valence electrons. The second-order valence-corrected chi connectivity index (χ2v) is 5.69. The van der Waals surface area contributed by atoms with Gasteiger partial charge in [-0.25, -0.2) is 5.43 Å². The van der Waals surface area contributed by atoms with Crippen molar-refractivity contribution in [3.05, 3.63) is 52.0 Å². The van der Waals surface area contributed by atoms with Gasteiger partial charge in [0, 0.05) is 0 Å². The Bertz CT molecular complexity index is 856. The molecule has 0 aromatic heterocycles. The molecule has 0 heterocycles. The number of ether oxygens (including phenoxy) is 2. The van der Waals surface area contributed by atoms with Crippen LogP contribution in [0.25, 0.3) is 0 Å². The number of rotatable bonds is 5. The fourth-order valence-electron chi connectivity index (χ4n) is 1.97. The predicted octanol–water partition coefficient (Wildman–Crippen LogP) is 3.10. The molecule has 7 nitrogen and oxygen atoms in total. The standard InChI is InChI=1S/C17H15Cl2N3O4/c1-25-14-8-10(7-12(19)15(14)26-2)9-20-22-17(24)16(23)21-13-6-4-3-5-11(13)18/h3-9H,1-2H3,(H,21,23)(H,22,24)/b20-9-. The number of para-hydroxylation sites is 1. The van der Waals surface area contributed by atoms with Crippen LogP contribution >= 0.6 is 23.2 Å². The number of carbonyl (C=O) groups is 2. The monoisotopic (exact) mass is 395 g/mol. The Kier molecular flexibility index (Phi) is 6.82. The first kappa shape index (κ1) is 19.6. The van der Waals surface area contributed by atoms with Gasteiger partial charge in [-0.3, -0.25) is 9.59 Å². The van der Waals surface area contributed by atoms with E-state index in [0.717, 1.165) is 0 Å². The molecule has 0 bridgehead atoms. The minimum Gasteiger partial charge on any atom is -0.493 e. The quantitative estimate of drug-likeness (QED) is 0.462. The van der Waals surface area contributed by atoms with Gasteiger partial charge >= 0.3 is 11.8 Å². The number of nitrogens with one attached hydrogen (secondary N) is 2. The van der Waals surface area contributed by atoms with Crippen molar-refractivity contribution in [2.75, 3.05) is 19.5 Å². The van der Waals surface area contributed by atoms with E-state index in [1.54, 1.807) is 36.4 Å². The number of methoxy groups -OCH3 is 2. The number of hydrogen-bond donors (Lipinski definition) is 2. The number of halogens is 2. The first-order chi connectivity index (χ1) is 12.5. The van der Waals surface area contributed by atoms with Gasteiger partial charge in [-0.05, 0) is 29.8 Å². The first-order valence-corrected chi connectivity index (χ1v) is 8.02. The summed E-state index contributed by atoms with van der Waals surface area (Å²) in [5, 5.41) is 6.74. The number of benzene rings is 2. The van der Waals surface area contributed by atoms with Crippen LogP contribution in [-0.2, 0) is 9.59 Å². The summed E-state index contributed by atoms with van der Waals surface area (Å²) in [6, 6.07) is 9.73. The van der Waals surface area contributed by atoms with Gasteiger partial charge < -0.3 is 14.8 Å². The van der Waals surface area contributed by atoms with Crippen LogP contribution in [0.2, 0.25) is 10.0 Å². The van der Waals surface area contributed by atoms with E-state index in [4.69, 9.17) is 32.7 Å². The van der Waals surface area contributed by atoms with Crippen LogP contribution in [0.5, 0.6) is 11.5 Å². The van der Waals surface area contributed by atoms with E-state index in [0.29, 0.717) is 32.8 Å². The number of nitrogens with zero attached hydrogens (tertiary/aromatic N) is 1. The molecule has 2 aromatic carbocycles. The molecule has 0 aliphatic rings. The van der Waals surface area contributed by atoms with E-state index < -0.39 is 11.8 Å².